The molecule has 2 nitrogen and oxygen atoms in total. The van der Waals surface area contributed by atoms with Crippen LogP contribution in [0.2, 0.25) is 0 Å². The minimum absolute atomic E-state index is 0.323. The van der Waals surface area contributed by atoms with E-state index in [-0.39, 0.29) is 0 Å². The van der Waals surface area contributed by atoms with Crippen LogP contribution in [0.5, 0.6) is 0 Å². The molecule has 0 saturated carbocycles. The standard InChI is InChI=1S/C17H20N2/c1-3-12(2)13-7-8-15-14(10-13)11-17(19-15)16-6-4-5-9-18-16/h4-10,12,17,19H,3,11H2,1-2H3. The number of nitrogens with zero attached hydrogens (tertiary/aromatic N) is 1. The van der Waals surface area contributed by atoms with Gasteiger partial charge in [-0.25, -0.2) is 0 Å². The second-order valence-electron chi connectivity index (χ2n) is 5.38. The zero-order valence-corrected chi connectivity index (χ0v) is 11.6. The molecule has 2 unspecified atom stereocenters. The fourth-order valence-corrected chi connectivity index (χ4v) is 2.68. The second kappa shape index (κ2) is 5.04. The number of nitrogens with one attached hydrogen (secondary N) is 1. The smallest absolute Gasteiger partial charge is 0.0726 e. The maximum Gasteiger partial charge on any atom is 0.0726 e. The largest absolute Gasteiger partial charge is 0.376 e. The van der Waals surface area contributed by atoms with Gasteiger partial charge in [-0.3, -0.25) is 4.98 Å². The molecule has 2 aromatic rings. The zero-order chi connectivity index (χ0) is 13.2. The quantitative estimate of drug-likeness (QED) is 0.880. The molecule has 19 heavy (non-hydrogen) atoms. The van der Waals surface area contributed by atoms with E-state index in [4.69, 9.17) is 0 Å². The Bertz CT molecular complexity index is 563. The summed E-state index contributed by atoms with van der Waals surface area (Å²) in [6.07, 6.45) is 4.09. The normalized spacial score (nSPS) is 18.7. The van der Waals surface area contributed by atoms with E-state index in [2.05, 4.69) is 54.5 Å². The summed E-state index contributed by atoms with van der Waals surface area (Å²) in [5.74, 6) is 0.638. The lowest BCUT2D eigenvalue weighted by molar-refractivity contribution is 0.731. The highest BCUT2D eigenvalue weighted by molar-refractivity contribution is 5.59. The summed E-state index contributed by atoms with van der Waals surface area (Å²) in [5, 5.41) is 3.57. The van der Waals surface area contributed by atoms with Crippen molar-refractivity contribution in [2.24, 2.45) is 0 Å². The minimum Gasteiger partial charge on any atom is -0.376 e. The topological polar surface area (TPSA) is 24.9 Å². The van der Waals surface area contributed by atoms with Crippen molar-refractivity contribution in [3.05, 3.63) is 59.4 Å². The third kappa shape index (κ3) is 2.35. The van der Waals surface area contributed by atoms with E-state index < -0.39 is 0 Å². The van der Waals surface area contributed by atoms with Crippen LogP contribution < -0.4 is 5.32 Å². The Morgan fingerprint density at radius 3 is 2.95 bits per heavy atom. The molecule has 2 heteroatoms. The first-order chi connectivity index (χ1) is 9.28. The lowest BCUT2D eigenvalue weighted by atomic mass is 9.95. The Morgan fingerprint density at radius 2 is 2.21 bits per heavy atom. The van der Waals surface area contributed by atoms with Crippen molar-refractivity contribution in [1.29, 1.82) is 0 Å². The van der Waals surface area contributed by atoms with Gasteiger partial charge in [0.2, 0.25) is 0 Å². The molecule has 3 rings (SSSR count). The molecular formula is C17H20N2. The number of hydrogen-bond donors (Lipinski definition) is 1. The van der Waals surface area contributed by atoms with Gasteiger partial charge in [0, 0.05) is 18.3 Å². The summed E-state index contributed by atoms with van der Waals surface area (Å²) in [5.41, 5.74) is 5.27. The Morgan fingerprint density at radius 1 is 1.32 bits per heavy atom. The molecule has 0 amide bonds. The van der Waals surface area contributed by atoms with Gasteiger partial charge in [0.25, 0.3) is 0 Å². The molecule has 2 atom stereocenters. The molecule has 1 aliphatic heterocycles. The van der Waals surface area contributed by atoms with E-state index >= 15 is 0 Å². The predicted molar refractivity (Wildman–Crippen MR) is 79.5 cm³/mol. The fourth-order valence-electron chi connectivity index (χ4n) is 2.68. The molecule has 98 valence electrons. The van der Waals surface area contributed by atoms with Crippen molar-refractivity contribution in [3.63, 3.8) is 0 Å². The van der Waals surface area contributed by atoms with Crippen LogP contribution in [0.25, 0.3) is 0 Å². The van der Waals surface area contributed by atoms with Gasteiger partial charge in [-0.15, -0.1) is 0 Å². The molecular weight excluding hydrogens is 232 g/mol. The van der Waals surface area contributed by atoms with Gasteiger partial charge < -0.3 is 5.32 Å². The van der Waals surface area contributed by atoms with E-state index in [1.165, 1.54) is 23.2 Å². The first-order valence-corrected chi connectivity index (χ1v) is 7.08. The summed E-state index contributed by atoms with van der Waals surface area (Å²) in [7, 11) is 0. The van der Waals surface area contributed by atoms with Crippen LogP contribution in [0.4, 0.5) is 5.69 Å². The molecule has 0 aliphatic carbocycles. The summed E-state index contributed by atoms with van der Waals surface area (Å²) < 4.78 is 0. The monoisotopic (exact) mass is 252 g/mol. The van der Waals surface area contributed by atoms with Crippen LogP contribution in [0.15, 0.2) is 42.6 Å². The van der Waals surface area contributed by atoms with E-state index in [0.29, 0.717) is 12.0 Å². The highest BCUT2D eigenvalue weighted by Crippen LogP contribution is 2.35. The van der Waals surface area contributed by atoms with Crippen molar-refractivity contribution in [1.82, 2.24) is 4.98 Å². The molecule has 1 N–H and O–H groups in total. The van der Waals surface area contributed by atoms with E-state index in [1.54, 1.807) is 0 Å². The van der Waals surface area contributed by atoms with Crippen molar-refractivity contribution in [2.75, 3.05) is 5.32 Å². The Kier molecular flexibility index (Phi) is 3.24. The number of hydrogen-bond acceptors (Lipinski definition) is 2. The molecule has 1 aromatic carbocycles. The minimum atomic E-state index is 0.323. The van der Waals surface area contributed by atoms with E-state index in [0.717, 1.165) is 12.1 Å². The highest BCUT2D eigenvalue weighted by atomic mass is 15.0. The maximum absolute atomic E-state index is 4.45. The summed E-state index contributed by atoms with van der Waals surface area (Å²) in [4.78, 5) is 4.45. The van der Waals surface area contributed by atoms with Gasteiger partial charge in [0.1, 0.15) is 0 Å². The van der Waals surface area contributed by atoms with Crippen LogP contribution in [0.1, 0.15) is 49.0 Å². The van der Waals surface area contributed by atoms with Crippen molar-refractivity contribution in [2.45, 2.75) is 38.6 Å². The lowest BCUT2D eigenvalue weighted by Gasteiger charge is -2.10. The Hall–Kier alpha value is -1.83. The summed E-state index contributed by atoms with van der Waals surface area (Å²) in [6.45, 7) is 4.53. The van der Waals surface area contributed by atoms with Gasteiger partial charge in [-0.2, -0.15) is 0 Å². The number of benzene rings is 1. The van der Waals surface area contributed by atoms with Gasteiger partial charge in [-0.05, 0) is 41.7 Å². The molecule has 1 aliphatic rings. The molecule has 0 saturated heterocycles. The average Bonchev–Trinajstić information content (AvgIpc) is 2.90. The number of anilines is 1. The summed E-state index contributed by atoms with van der Waals surface area (Å²) >= 11 is 0. The lowest BCUT2D eigenvalue weighted by Crippen LogP contribution is -2.07. The second-order valence-corrected chi connectivity index (χ2v) is 5.38. The van der Waals surface area contributed by atoms with Crippen molar-refractivity contribution in [3.8, 4) is 0 Å². The van der Waals surface area contributed by atoms with Crippen LogP contribution in [0, 0.1) is 0 Å². The molecule has 0 fully saturated rings. The summed E-state index contributed by atoms with van der Waals surface area (Å²) in [6, 6.07) is 13.3. The Labute approximate surface area is 114 Å². The first kappa shape index (κ1) is 12.2. The highest BCUT2D eigenvalue weighted by Gasteiger charge is 2.23. The van der Waals surface area contributed by atoms with E-state index in [1.807, 2.05) is 12.3 Å². The Balaban J connectivity index is 1.84. The SMILES string of the molecule is CCC(C)c1ccc2c(c1)CC(c1ccccn1)N2. The predicted octanol–water partition coefficient (Wildman–Crippen LogP) is 4.30. The molecule has 0 radical (unpaired) electrons. The van der Waals surface area contributed by atoms with Crippen LogP contribution in [-0.2, 0) is 6.42 Å². The van der Waals surface area contributed by atoms with Crippen molar-refractivity contribution >= 4 is 5.69 Å². The zero-order valence-electron chi connectivity index (χ0n) is 11.6. The molecule has 2 heterocycles. The van der Waals surface area contributed by atoms with Crippen molar-refractivity contribution < 1.29 is 0 Å². The van der Waals surface area contributed by atoms with Gasteiger partial charge in [-0.1, -0.05) is 32.0 Å². The number of rotatable bonds is 3. The third-order valence-corrected chi connectivity index (χ3v) is 4.11. The van der Waals surface area contributed by atoms with Crippen LogP contribution in [-0.4, -0.2) is 4.98 Å². The third-order valence-electron chi connectivity index (χ3n) is 4.11. The average molecular weight is 252 g/mol. The first-order valence-electron chi connectivity index (χ1n) is 7.08. The van der Waals surface area contributed by atoms with Crippen LogP contribution >= 0.6 is 0 Å². The number of fused-ring (bicyclic) bond motifs is 1. The number of aromatic nitrogens is 1. The van der Waals surface area contributed by atoms with Gasteiger partial charge >= 0.3 is 0 Å². The number of pyridine rings is 1. The molecule has 1 aromatic heterocycles. The van der Waals surface area contributed by atoms with Gasteiger partial charge in [0.15, 0.2) is 0 Å². The molecule has 0 bridgehead atoms. The van der Waals surface area contributed by atoms with E-state index in [9.17, 15) is 0 Å². The van der Waals surface area contributed by atoms with Gasteiger partial charge in [0.05, 0.1) is 11.7 Å². The molecule has 0 spiro atoms. The van der Waals surface area contributed by atoms with Crippen LogP contribution in [0.3, 0.4) is 0 Å². The maximum atomic E-state index is 4.45. The fraction of sp³-hybridized carbons (Fsp3) is 0.353.